The Bertz CT molecular complexity index is 332. The molecule has 19 heavy (non-hydrogen) atoms. The lowest BCUT2D eigenvalue weighted by molar-refractivity contribution is 0.00900. The third-order valence-corrected chi connectivity index (χ3v) is 4.38. The van der Waals surface area contributed by atoms with Crippen molar-refractivity contribution in [2.75, 3.05) is 13.1 Å². The molecule has 0 bridgehead atoms. The van der Waals surface area contributed by atoms with Crippen molar-refractivity contribution in [2.45, 2.75) is 70.4 Å². The number of nitrogens with two attached hydrogens (primary N) is 1. The number of carbonyl (C=O) groups excluding carboxylic acids is 1. The van der Waals surface area contributed by atoms with Gasteiger partial charge in [0, 0.05) is 18.6 Å². The smallest absolute Gasteiger partial charge is 0.410 e. The molecule has 2 fully saturated rings. The lowest BCUT2D eigenvalue weighted by atomic mass is 9.77. The highest BCUT2D eigenvalue weighted by Crippen LogP contribution is 2.37. The van der Waals surface area contributed by atoms with E-state index < -0.39 is 5.60 Å². The second-order valence-corrected chi connectivity index (χ2v) is 7.22. The van der Waals surface area contributed by atoms with Gasteiger partial charge in [-0.05, 0) is 52.4 Å². The molecule has 0 aromatic carbocycles. The zero-order chi connectivity index (χ0) is 14.1. The summed E-state index contributed by atoms with van der Waals surface area (Å²) in [5, 5.41) is 0. The molecule has 1 aliphatic heterocycles. The molecule has 4 nitrogen and oxygen atoms in total. The van der Waals surface area contributed by atoms with E-state index in [4.69, 9.17) is 10.5 Å². The molecule has 2 aliphatic rings. The topological polar surface area (TPSA) is 55.6 Å². The van der Waals surface area contributed by atoms with Crippen molar-refractivity contribution in [3.05, 3.63) is 0 Å². The van der Waals surface area contributed by atoms with E-state index in [1.807, 2.05) is 25.7 Å². The predicted molar refractivity (Wildman–Crippen MR) is 75.9 cm³/mol. The van der Waals surface area contributed by atoms with E-state index in [0.29, 0.717) is 12.5 Å². The number of hydrogen-bond donors (Lipinski definition) is 1. The molecule has 0 aromatic heterocycles. The quantitative estimate of drug-likeness (QED) is 0.795. The van der Waals surface area contributed by atoms with E-state index in [-0.39, 0.29) is 11.6 Å². The van der Waals surface area contributed by atoms with E-state index in [0.717, 1.165) is 19.4 Å². The van der Waals surface area contributed by atoms with Gasteiger partial charge in [-0.2, -0.15) is 0 Å². The monoisotopic (exact) mass is 268 g/mol. The van der Waals surface area contributed by atoms with Crippen LogP contribution in [0.3, 0.4) is 0 Å². The van der Waals surface area contributed by atoms with Crippen molar-refractivity contribution in [1.29, 1.82) is 0 Å². The Balaban J connectivity index is 1.98. The maximum atomic E-state index is 12.2. The van der Waals surface area contributed by atoms with E-state index in [2.05, 4.69) is 0 Å². The summed E-state index contributed by atoms with van der Waals surface area (Å²) in [5.74, 6) is 0.581. The van der Waals surface area contributed by atoms with Gasteiger partial charge in [-0.25, -0.2) is 4.79 Å². The maximum absolute atomic E-state index is 12.2. The van der Waals surface area contributed by atoms with Crippen molar-refractivity contribution in [1.82, 2.24) is 4.90 Å². The minimum atomic E-state index is -0.431. The van der Waals surface area contributed by atoms with Gasteiger partial charge in [0.2, 0.25) is 0 Å². The Morgan fingerprint density at radius 3 is 2.47 bits per heavy atom. The first-order valence-corrected chi connectivity index (χ1v) is 7.57. The van der Waals surface area contributed by atoms with Crippen LogP contribution < -0.4 is 5.73 Å². The molecule has 1 saturated carbocycles. The first kappa shape index (κ1) is 14.6. The number of hydrogen-bond acceptors (Lipinski definition) is 3. The molecule has 1 atom stereocenters. The van der Waals surface area contributed by atoms with E-state index in [1.165, 1.54) is 25.7 Å². The van der Waals surface area contributed by atoms with Crippen LogP contribution in [0.5, 0.6) is 0 Å². The van der Waals surface area contributed by atoms with Crippen LogP contribution in [0.15, 0.2) is 0 Å². The summed E-state index contributed by atoms with van der Waals surface area (Å²) in [5.41, 5.74) is 5.99. The fourth-order valence-corrected chi connectivity index (χ4v) is 3.43. The molecule has 2 rings (SSSR count). The molecule has 1 saturated heterocycles. The Kier molecular flexibility index (Phi) is 4.09. The number of carbonyl (C=O) groups is 1. The van der Waals surface area contributed by atoms with Gasteiger partial charge in [0.1, 0.15) is 5.60 Å². The second-order valence-electron chi connectivity index (χ2n) is 7.22. The first-order valence-electron chi connectivity index (χ1n) is 7.57. The Morgan fingerprint density at radius 2 is 1.89 bits per heavy atom. The minimum Gasteiger partial charge on any atom is -0.444 e. The first-order chi connectivity index (χ1) is 8.80. The van der Waals surface area contributed by atoms with Crippen molar-refractivity contribution in [2.24, 2.45) is 11.7 Å². The van der Waals surface area contributed by atoms with Crippen molar-refractivity contribution in [3.63, 3.8) is 0 Å². The van der Waals surface area contributed by atoms with Crippen LogP contribution in [-0.2, 0) is 4.74 Å². The Hall–Kier alpha value is -0.770. The van der Waals surface area contributed by atoms with Crippen LogP contribution in [0.25, 0.3) is 0 Å². The van der Waals surface area contributed by atoms with Gasteiger partial charge in [-0.15, -0.1) is 0 Å². The van der Waals surface area contributed by atoms with Gasteiger partial charge in [0.25, 0.3) is 0 Å². The molecule has 2 N–H and O–H groups in total. The highest BCUT2D eigenvalue weighted by Gasteiger charge is 2.41. The van der Waals surface area contributed by atoms with Crippen molar-refractivity contribution in [3.8, 4) is 0 Å². The molecule has 0 aromatic rings. The average Bonchev–Trinajstić information content (AvgIpc) is 2.80. The van der Waals surface area contributed by atoms with Crippen LogP contribution in [-0.4, -0.2) is 35.2 Å². The van der Waals surface area contributed by atoms with Crippen LogP contribution in [0, 0.1) is 5.92 Å². The fraction of sp³-hybridized carbons (Fsp3) is 0.933. The molecule has 1 unspecified atom stereocenters. The van der Waals surface area contributed by atoms with Gasteiger partial charge in [-0.3, -0.25) is 0 Å². The third kappa shape index (κ3) is 3.62. The zero-order valence-electron chi connectivity index (χ0n) is 12.6. The number of ether oxygens (including phenoxy) is 1. The van der Waals surface area contributed by atoms with E-state index in [9.17, 15) is 4.79 Å². The lowest BCUT2D eigenvalue weighted by Crippen LogP contribution is -2.59. The van der Waals surface area contributed by atoms with E-state index >= 15 is 0 Å². The number of likely N-dealkylation sites (tertiary alicyclic amines) is 1. The third-order valence-electron chi connectivity index (χ3n) is 4.38. The summed E-state index contributed by atoms with van der Waals surface area (Å²) in [4.78, 5) is 14.0. The Morgan fingerprint density at radius 1 is 1.26 bits per heavy atom. The molecule has 0 spiro atoms. The maximum Gasteiger partial charge on any atom is 0.410 e. The number of nitrogens with zero attached hydrogens (tertiary/aromatic N) is 1. The van der Waals surface area contributed by atoms with Gasteiger partial charge in [-0.1, -0.05) is 12.8 Å². The highest BCUT2D eigenvalue weighted by atomic mass is 16.6. The number of amides is 1. The zero-order valence-corrected chi connectivity index (χ0v) is 12.6. The summed E-state index contributed by atoms with van der Waals surface area (Å²) >= 11 is 0. The summed E-state index contributed by atoms with van der Waals surface area (Å²) in [6.07, 6.45) is 6.84. The normalized spacial score (nSPS) is 29.6. The molecular weight excluding hydrogens is 240 g/mol. The van der Waals surface area contributed by atoms with Gasteiger partial charge < -0.3 is 15.4 Å². The fourth-order valence-electron chi connectivity index (χ4n) is 3.43. The molecule has 4 heteroatoms. The SMILES string of the molecule is CC(C)(C)OC(=O)N1CCCC(N)(C2CCCC2)C1. The van der Waals surface area contributed by atoms with Gasteiger partial charge in [0.15, 0.2) is 0 Å². The number of piperidine rings is 1. The Labute approximate surface area is 116 Å². The highest BCUT2D eigenvalue weighted by molar-refractivity contribution is 5.68. The van der Waals surface area contributed by atoms with Crippen LogP contribution in [0.2, 0.25) is 0 Å². The molecule has 0 radical (unpaired) electrons. The predicted octanol–water partition coefficient (Wildman–Crippen LogP) is 2.91. The average molecular weight is 268 g/mol. The molecule has 1 heterocycles. The minimum absolute atomic E-state index is 0.189. The number of rotatable bonds is 1. The van der Waals surface area contributed by atoms with Crippen LogP contribution >= 0.6 is 0 Å². The summed E-state index contributed by atoms with van der Waals surface area (Å²) < 4.78 is 5.46. The molecule has 110 valence electrons. The summed E-state index contributed by atoms with van der Waals surface area (Å²) in [6.45, 7) is 7.15. The van der Waals surface area contributed by atoms with Crippen molar-refractivity contribution < 1.29 is 9.53 Å². The molecular formula is C15H28N2O2. The lowest BCUT2D eigenvalue weighted by Gasteiger charge is -2.44. The van der Waals surface area contributed by atoms with Crippen LogP contribution in [0.4, 0.5) is 4.79 Å². The molecule has 1 amide bonds. The summed E-state index contributed by atoms with van der Waals surface area (Å²) in [7, 11) is 0. The second kappa shape index (κ2) is 5.31. The van der Waals surface area contributed by atoms with Gasteiger partial charge in [0.05, 0.1) is 0 Å². The standard InChI is InChI=1S/C15H28N2O2/c1-14(2,3)19-13(18)17-10-6-9-15(16,11-17)12-7-4-5-8-12/h12H,4-11,16H2,1-3H3. The van der Waals surface area contributed by atoms with E-state index in [1.54, 1.807) is 0 Å². The summed E-state index contributed by atoms with van der Waals surface area (Å²) in [6, 6.07) is 0. The largest absolute Gasteiger partial charge is 0.444 e. The van der Waals surface area contributed by atoms with Crippen molar-refractivity contribution >= 4 is 6.09 Å². The van der Waals surface area contributed by atoms with Gasteiger partial charge >= 0.3 is 6.09 Å². The molecule has 1 aliphatic carbocycles. The van der Waals surface area contributed by atoms with Crippen LogP contribution in [0.1, 0.15) is 59.3 Å².